The number of carbonyl (C=O) groups excluding carboxylic acids is 1. The van der Waals surface area contributed by atoms with Crippen molar-refractivity contribution in [2.24, 2.45) is 0 Å². The summed E-state index contributed by atoms with van der Waals surface area (Å²) in [4.78, 5) is 14.0. The molecule has 5 heteroatoms. The van der Waals surface area contributed by atoms with Gasteiger partial charge in [-0.15, -0.1) is 0 Å². The number of hydrogen-bond donors (Lipinski definition) is 2. The van der Waals surface area contributed by atoms with Gasteiger partial charge in [0.05, 0.1) is 0 Å². The molecule has 0 unspecified atom stereocenters. The number of benzene rings is 2. The third-order valence-corrected chi connectivity index (χ3v) is 3.74. The monoisotopic (exact) mass is 331 g/mol. The number of urea groups is 1. The SMILES string of the molecule is CN(C)Cc1ccc(CNC(=O)NCc2ccccc2Cl)cc1. The van der Waals surface area contributed by atoms with E-state index in [2.05, 4.69) is 27.7 Å². The van der Waals surface area contributed by atoms with Crippen molar-refractivity contribution in [3.8, 4) is 0 Å². The first-order chi connectivity index (χ1) is 11.0. The Morgan fingerprint density at radius 2 is 1.57 bits per heavy atom. The van der Waals surface area contributed by atoms with Crippen molar-refractivity contribution in [1.29, 1.82) is 0 Å². The van der Waals surface area contributed by atoms with Crippen LogP contribution in [-0.4, -0.2) is 25.0 Å². The zero-order valence-corrected chi connectivity index (χ0v) is 14.2. The van der Waals surface area contributed by atoms with E-state index in [1.165, 1.54) is 5.56 Å². The van der Waals surface area contributed by atoms with E-state index < -0.39 is 0 Å². The molecular formula is C18H22ClN3O. The Balaban J connectivity index is 1.77. The molecular weight excluding hydrogens is 310 g/mol. The van der Waals surface area contributed by atoms with Gasteiger partial charge in [-0.3, -0.25) is 0 Å². The summed E-state index contributed by atoms with van der Waals surface area (Å²) in [7, 11) is 4.08. The third-order valence-electron chi connectivity index (χ3n) is 3.37. The maximum atomic E-state index is 11.8. The molecule has 0 radical (unpaired) electrons. The highest BCUT2D eigenvalue weighted by Crippen LogP contribution is 2.14. The third kappa shape index (κ3) is 5.93. The van der Waals surface area contributed by atoms with E-state index in [4.69, 9.17) is 11.6 Å². The fourth-order valence-electron chi connectivity index (χ4n) is 2.19. The first-order valence-corrected chi connectivity index (χ1v) is 7.90. The Morgan fingerprint density at radius 3 is 2.22 bits per heavy atom. The van der Waals surface area contributed by atoms with Crippen LogP contribution in [0.15, 0.2) is 48.5 Å². The Hall–Kier alpha value is -2.04. The zero-order chi connectivity index (χ0) is 16.7. The van der Waals surface area contributed by atoms with E-state index in [9.17, 15) is 4.79 Å². The van der Waals surface area contributed by atoms with Crippen LogP contribution in [0.5, 0.6) is 0 Å². The molecule has 2 rings (SSSR count). The molecule has 0 aliphatic heterocycles. The second kappa shape index (κ2) is 8.56. The molecule has 0 fully saturated rings. The average Bonchev–Trinajstić information content (AvgIpc) is 2.53. The molecule has 0 aliphatic carbocycles. The van der Waals surface area contributed by atoms with Crippen molar-refractivity contribution in [3.05, 3.63) is 70.2 Å². The van der Waals surface area contributed by atoms with Gasteiger partial charge in [-0.05, 0) is 36.9 Å². The number of halogens is 1. The number of rotatable bonds is 6. The molecule has 4 nitrogen and oxygen atoms in total. The molecule has 2 N–H and O–H groups in total. The van der Waals surface area contributed by atoms with Gasteiger partial charge in [-0.2, -0.15) is 0 Å². The Morgan fingerprint density at radius 1 is 0.957 bits per heavy atom. The highest BCUT2D eigenvalue weighted by molar-refractivity contribution is 6.31. The largest absolute Gasteiger partial charge is 0.334 e. The van der Waals surface area contributed by atoms with E-state index in [1.54, 1.807) is 0 Å². The topological polar surface area (TPSA) is 44.4 Å². The summed E-state index contributed by atoms with van der Waals surface area (Å²) in [6.45, 7) is 1.82. The lowest BCUT2D eigenvalue weighted by Gasteiger charge is -2.11. The van der Waals surface area contributed by atoms with Crippen molar-refractivity contribution in [1.82, 2.24) is 15.5 Å². The van der Waals surface area contributed by atoms with E-state index >= 15 is 0 Å². The van der Waals surface area contributed by atoms with Crippen LogP contribution in [-0.2, 0) is 19.6 Å². The molecule has 0 spiro atoms. The Bertz CT molecular complexity index is 641. The lowest BCUT2D eigenvalue weighted by Crippen LogP contribution is -2.34. The number of nitrogens with zero attached hydrogens (tertiary/aromatic N) is 1. The summed E-state index contributed by atoms with van der Waals surface area (Å²) in [6, 6.07) is 15.5. The van der Waals surface area contributed by atoms with Crippen LogP contribution in [0.4, 0.5) is 4.79 Å². The molecule has 0 saturated carbocycles. The van der Waals surface area contributed by atoms with Gasteiger partial charge < -0.3 is 15.5 Å². The van der Waals surface area contributed by atoms with Gasteiger partial charge in [0.2, 0.25) is 0 Å². The summed E-state index contributed by atoms with van der Waals surface area (Å²) in [6.07, 6.45) is 0. The normalized spacial score (nSPS) is 10.6. The van der Waals surface area contributed by atoms with Gasteiger partial charge in [-0.1, -0.05) is 54.1 Å². The van der Waals surface area contributed by atoms with E-state index in [-0.39, 0.29) is 6.03 Å². The van der Waals surface area contributed by atoms with Crippen molar-refractivity contribution in [3.63, 3.8) is 0 Å². The fraction of sp³-hybridized carbons (Fsp3) is 0.278. The summed E-state index contributed by atoms with van der Waals surface area (Å²) < 4.78 is 0. The standard InChI is InChI=1S/C18H22ClN3O/c1-22(2)13-15-9-7-14(8-10-15)11-20-18(23)21-12-16-5-3-4-6-17(16)19/h3-10H,11-13H2,1-2H3,(H2,20,21,23). The van der Waals surface area contributed by atoms with Crippen LogP contribution in [0, 0.1) is 0 Å². The quantitative estimate of drug-likeness (QED) is 0.852. The summed E-state index contributed by atoms with van der Waals surface area (Å²) in [5.41, 5.74) is 3.22. The van der Waals surface area contributed by atoms with Crippen molar-refractivity contribution >= 4 is 17.6 Å². The molecule has 2 amide bonds. The number of nitrogens with one attached hydrogen (secondary N) is 2. The lowest BCUT2D eigenvalue weighted by atomic mass is 10.1. The van der Waals surface area contributed by atoms with Crippen molar-refractivity contribution in [2.75, 3.05) is 14.1 Å². The predicted molar refractivity (Wildman–Crippen MR) is 94.4 cm³/mol. The van der Waals surface area contributed by atoms with Crippen LogP contribution in [0.2, 0.25) is 5.02 Å². The second-order valence-corrected chi connectivity index (χ2v) is 6.09. The van der Waals surface area contributed by atoms with Crippen LogP contribution < -0.4 is 10.6 Å². The number of amides is 2. The molecule has 0 bridgehead atoms. The Labute approximate surface area is 142 Å². The zero-order valence-electron chi connectivity index (χ0n) is 13.5. The molecule has 0 heterocycles. The maximum absolute atomic E-state index is 11.8. The molecule has 0 aromatic heterocycles. The lowest BCUT2D eigenvalue weighted by molar-refractivity contribution is 0.240. The molecule has 2 aromatic rings. The highest BCUT2D eigenvalue weighted by Gasteiger charge is 2.03. The average molecular weight is 332 g/mol. The van der Waals surface area contributed by atoms with Crippen LogP contribution >= 0.6 is 11.6 Å². The maximum Gasteiger partial charge on any atom is 0.315 e. The van der Waals surface area contributed by atoms with Crippen molar-refractivity contribution in [2.45, 2.75) is 19.6 Å². The smallest absolute Gasteiger partial charge is 0.315 e. The predicted octanol–water partition coefficient (Wildman–Crippen LogP) is 3.40. The minimum atomic E-state index is -0.206. The number of carbonyl (C=O) groups is 1. The second-order valence-electron chi connectivity index (χ2n) is 5.68. The summed E-state index contributed by atoms with van der Waals surface area (Å²) in [5.74, 6) is 0. The van der Waals surface area contributed by atoms with Gasteiger partial charge in [-0.25, -0.2) is 4.79 Å². The van der Waals surface area contributed by atoms with E-state index in [1.807, 2.05) is 50.5 Å². The first-order valence-electron chi connectivity index (χ1n) is 7.52. The van der Waals surface area contributed by atoms with Gasteiger partial charge in [0, 0.05) is 24.7 Å². The van der Waals surface area contributed by atoms with Gasteiger partial charge in [0.1, 0.15) is 0 Å². The van der Waals surface area contributed by atoms with Crippen molar-refractivity contribution < 1.29 is 4.79 Å². The van der Waals surface area contributed by atoms with Crippen LogP contribution in [0.25, 0.3) is 0 Å². The van der Waals surface area contributed by atoms with E-state index in [0.717, 1.165) is 17.7 Å². The van der Waals surface area contributed by atoms with Gasteiger partial charge in [0.25, 0.3) is 0 Å². The number of hydrogen-bond acceptors (Lipinski definition) is 2. The van der Waals surface area contributed by atoms with Crippen LogP contribution in [0.1, 0.15) is 16.7 Å². The molecule has 0 saturated heterocycles. The minimum absolute atomic E-state index is 0.206. The van der Waals surface area contributed by atoms with E-state index in [0.29, 0.717) is 18.1 Å². The summed E-state index contributed by atoms with van der Waals surface area (Å²) >= 11 is 6.06. The first kappa shape index (κ1) is 17.3. The molecule has 0 atom stereocenters. The van der Waals surface area contributed by atoms with Crippen LogP contribution in [0.3, 0.4) is 0 Å². The minimum Gasteiger partial charge on any atom is -0.334 e. The Kier molecular flexibility index (Phi) is 6.44. The molecule has 122 valence electrons. The molecule has 0 aliphatic rings. The summed E-state index contributed by atoms with van der Waals surface area (Å²) in [5, 5.41) is 6.31. The molecule has 23 heavy (non-hydrogen) atoms. The molecule has 2 aromatic carbocycles. The van der Waals surface area contributed by atoms with Gasteiger partial charge >= 0.3 is 6.03 Å². The fourth-order valence-corrected chi connectivity index (χ4v) is 2.39. The highest BCUT2D eigenvalue weighted by atomic mass is 35.5. The van der Waals surface area contributed by atoms with Gasteiger partial charge in [0.15, 0.2) is 0 Å².